The number of carbonyl (C=O) groups is 1. The van der Waals surface area contributed by atoms with Gasteiger partial charge in [-0.3, -0.25) is 4.98 Å². The smallest absolute Gasteiger partial charge is 0.317 e. The number of pyridine rings is 1. The Kier molecular flexibility index (Phi) is 6.18. The highest BCUT2D eigenvalue weighted by molar-refractivity contribution is 5.74. The Morgan fingerprint density at radius 3 is 2.67 bits per heavy atom. The van der Waals surface area contributed by atoms with Gasteiger partial charge < -0.3 is 15.0 Å². The average molecular weight is 327 g/mol. The summed E-state index contributed by atoms with van der Waals surface area (Å²) >= 11 is 0. The maximum atomic E-state index is 12.3. The van der Waals surface area contributed by atoms with Gasteiger partial charge in [0.2, 0.25) is 0 Å². The molecule has 128 valence electrons. The molecule has 0 aliphatic rings. The van der Waals surface area contributed by atoms with E-state index in [4.69, 9.17) is 4.74 Å². The van der Waals surface area contributed by atoms with E-state index >= 15 is 0 Å². The predicted molar refractivity (Wildman–Crippen MR) is 95.1 cm³/mol. The summed E-state index contributed by atoms with van der Waals surface area (Å²) in [5, 5.41) is 2.91. The second-order valence-electron chi connectivity index (χ2n) is 5.95. The van der Waals surface area contributed by atoms with Gasteiger partial charge in [-0.15, -0.1) is 0 Å². The number of hydrogen-bond donors (Lipinski definition) is 1. The number of rotatable bonds is 6. The molecule has 0 unspecified atom stereocenters. The van der Waals surface area contributed by atoms with Crippen LogP contribution in [0.15, 0.2) is 48.8 Å². The zero-order valence-corrected chi connectivity index (χ0v) is 14.7. The zero-order valence-electron chi connectivity index (χ0n) is 14.7. The molecule has 0 saturated heterocycles. The molecule has 2 rings (SSSR count). The predicted octanol–water partition coefficient (Wildman–Crippen LogP) is 3.56. The van der Waals surface area contributed by atoms with Gasteiger partial charge in [-0.05, 0) is 44.0 Å². The lowest BCUT2D eigenvalue weighted by Crippen LogP contribution is -2.42. The van der Waals surface area contributed by atoms with Crippen LogP contribution in [-0.4, -0.2) is 35.6 Å². The van der Waals surface area contributed by atoms with Gasteiger partial charge in [0, 0.05) is 19.4 Å². The number of amides is 2. The van der Waals surface area contributed by atoms with Crippen LogP contribution in [0.5, 0.6) is 5.75 Å². The van der Waals surface area contributed by atoms with E-state index < -0.39 is 0 Å². The summed E-state index contributed by atoms with van der Waals surface area (Å²) in [6, 6.07) is 11.5. The first-order valence-corrected chi connectivity index (χ1v) is 8.12. The molecule has 0 spiro atoms. The van der Waals surface area contributed by atoms with Crippen molar-refractivity contribution in [2.75, 3.05) is 13.6 Å². The van der Waals surface area contributed by atoms with Crippen LogP contribution in [0, 0.1) is 6.92 Å². The summed E-state index contributed by atoms with van der Waals surface area (Å²) in [4.78, 5) is 18.1. The third-order valence-electron chi connectivity index (χ3n) is 4.03. The number of carbonyl (C=O) groups excluding carboxylic acids is 1. The largest absolute Gasteiger partial charge is 0.489 e. The molecule has 24 heavy (non-hydrogen) atoms. The first kappa shape index (κ1) is 17.8. The number of hydrogen-bond acceptors (Lipinski definition) is 3. The minimum absolute atomic E-state index is 0.0497. The molecule has 5 heteroatoms. The topological polar surface area (TPSA) is 54.5 Å². The number of para-hydroxylation sites is 1. The van der Waals surface area contributed by atoms with Crippen LogP contribution >= 0.6 is 0 Å². The summed E-state index contributed by atoms with van der Waals surface area (Å²) in [6.45, 7) is 6.36. The van der Waals surface area contributed by atoms with Crippen molar-refractivity contribution in [3.63, 3.8) is 0 Å². The Balaban J connectivity index is 1.85. The monoisotopic (exact) mass is 327 g/mol. The quantitative estimate of drug-likeness (QED) is 0.882. The average Bonchev–Trinajstić information content (AvgIpc) is 2.61. The number of nitrogens with one attached hydrogen (secondary N) is 1. The molecule has 2 aromatic rings. The number of aryl methyl sites for hydroxylation is 1. The van der Waals surface area contributed by atoms with Gasteiger partial charge in [-0.2, -0.15) is 0 Å². The molecular weight excluding hydrogens is 302 g/mol. The van der Waals surface area contributed by atoms with Gasteiger partial charge in [0.05, 0.1) is 12.6 Å². The zero-order chi connectivity index (χ0) is 17.5. The second-order valence-corrected chi connectivity index (χ2v) is 5.95. The lowest BCUT2D eigenvalue weighted by molar-refractivity contribution is 0.179. The molecule has 0 aliphatic heterocycles. The van der Waals surface area contributed by atoms with Gasteiger partial charge >= 0.3 is 6.03 Å². The third-order valence-corrected chi connectivity index (χ3v) is 4.03. The van der Waals surface area contributed by atoms with Crippen molar-refractivity contribution < 1.29 is 9.53 Å². The molecule has 0 saturated carbocycles. The van der Waals surface area contributed by atoms with E-state index in [0.29, 0.717) is 6.54 Å². The van der Waals surface area contributed by atoms with Crippen molar-refractivity contribution in [3.8, 4) is 5.75 Å². The molecule has 1 aromatic heterocycles. The summed E-state index contributed by atoms with van der Waals surface area (Å²) in [5.74, 6) is 0.844. The fourth-order valence-corrected chi connectivity index (χ4v) is 2.33. The fourth-order valence-electron chi connectivity index (χ4n) is 2.33. The highest BCUT2D eigenvalue weighted by Crippen LogP contribution is 2.18. The Hall–Kier alpha value is -2.56. The minimum atomic E-state index is -0.133. The summed E-state index contributed by atoms with van der Waals surface area (Å²) in [7, 11) is 1.78. The van der Waals surface area contributed by atoms with Crippen LogP contribution in [0.1, 0.15) is 31.0 Å². The second kappa shape index (κ2) is 8.34. The molecule has 5 nitrogen and oxygen atoms in total. The van der Waals surface area contributed by atoms with E-state index in [9.17, 15) is 4.79 Å². The summed E-state index contributed by atoms with van der Waals surface area (Å²) in [6.07, 6.45) is 3.39. The first-order chi connectivity index (χ1) is 11.5. The molecule has 0 bridgehead atoms. The van der Waals surface area contributed by atoms with Crippen molar-refractivity contribution in [2.45, 2.75) is 32.9 Å². The van der Waals surface area contributed by atoms with E-state index in [0.717, 1.165) is 16.9 Å². The highest BCUT2D eigenvalue weighted by Gasteiger charge is 2.18. The van der Waals surface area contributed by atoms with Crippen molar-refractivity contribution >= 4 is 6.03 Å². The molecule has 1 N–H and O–H groups in total. The third kappa shape index (κ3) is 4.72. The van der Waals surface area contributed by atoms with Gasteiger partial charge in [-0.25, -0.2) is 4.79 Å². The Morgan fingerprint density at radius 2 is 2.00 bits per heavy atom. The number of ether oxygens (including phenoxy) is 1. The molecule has 2 atom stereocenters. The molecule has 0 radical (unpaired) electrons. The SMILES string of the molecule is Cc1ccccc1O[C@@H](C)CNC(=O)N(C)[C@@H](C)c1cccnc1. The molecule has 0 aliphatic carbocycles. The minimum Gasteiger partial charge on any atom is -0.489 e. The maximum Gasteiger partial charge on any atom is 0.317 e. The lowest BCUT2D eigenvalue weighted by atomic mass is 10.1. The van der Waals surface area contributed by atoms with Crippen LogP contribution in [0.3, 0.4) is 0 Å². The lowest BCUT2D eigenvalue weighted by Gasteiger charge is -2.26. The van der Waals surface area contributed by atoms with Crippen molar-refractivity contribution in [1.29, 1.82) is 0 Å². The Morgan fingerprint density at radius 1 is 1.25 bits per heavy atom. The van der Waals surface area contributed by atoms with Crippen LogP contribution < -0.4 is 10.1 Å². The number of aromatic nitrogens is 1. The van der Waals surface area contributed by atoms with E-state index in [1.807, 2.05) is 57.2 Å². The van der Waals surface area contributed by atoms with Gasteiger partial charge in [-0.1, -0.05) is 24.3 Å². The normalized spacial score (nSPS) is 13.0. The summed E-state index contributed by atoms with van der Waals surface area (Å²) in [5.41, 5.74) is 2.08. The van der Waals surface area contributed by atoms with Gasteiger partial charge in [0.1, 0.15) is 11.9 Å². The molecule has 2 amide bonds. The van der Waals surface area contributed by atoms with Crippen LogP contribution in [0.25, 0.3) is 0 Å². The van der Waals surface area contributed by atoms with Crippen molar-refractivity contribution in [2.24, 2.45) is 0 Å². The van der Waals surface area contributed by atoms with E-state index in [1.54, 1.807) is 24.3 Å². The van der Waals surface area contributed by atoms with E-state index in [-0.39, 0.29) is 18.2 Å². The number of benzene rings is 1. The van der Waals surface area contributed by atoms with Gasteiger partial charge in [0.15, 0.2) is 0 Å². The van der Waals surface area contributed by atoms with Crippen LogP contribution in [0.4, 0.5) is 4.79 Å². The van der Waals surface area contributed by atoms with Crippen LogP contribution in [-0.2, 0) is 0 Å². The van der Waals surface area contributed by atoms with E-state index in [2.05, 4.69) is 10.3 Å². The van der Waals surface area contributed by atoms with Crippen molar-refractivity contribution in [3.05, 3.63) is 59.9 Å². The van der Waals surface area contributed by atoms with E-state index in [1.165, 1.54) is 0 Å². The Bertz CT molecular complexity index is 661. The molecule has 1 aromatic carbocycles. The molecule has 1 heterocycles. The number of nitrogens with zero attached hydrogens (tertiary/aromatic N) is 2. The molecular formula is C19H25N3O2. The fraction of sp³-hybridized carbons (Fsp3) is 0.368. The summed E-state index contributed by atoms with van der Waals surface area (Å²) < 4.78 is 5.88. The molecule has 0 fully saturated rings. The van der Waals surface area contributed by atoms with Crippen LogP contribution in [0.2, 0.25) is 0 Å². The standard InChI is InChI=1S/C19H25N3O2/c1-14-8-5-6-10-18(14)24-15(2)12-21-19(23)22(4)16(3)17-9-7-11-20-13-17/h5-11,13,15-16H,12H2,1-4H3,(H,21,23)/t15-,16-/m0/s1. The van der Waals surface area contributed by atoms with Gasteiger partial charge in [0.25, 0.3) is 0 Å². The first-order valence-electron chi connectivity index (χ1n) is 8.12. The Labute approximate surface area is 143 Å². The highest BCUT2D eigenvalue weighted by atomic mass is 16.5. The van der Waals surface area contributed by atoms with Crippen molar-refractivity contribution in [1.82, 2.24) is 15.2 Å². The number of urea groups is 1. The maximum absolute atomic E-state index is 12.3.